The van der Waals surface area contributed by atoms with Crippen molar-refractivity contribution in [2.75, 3.05) is 19.8 Å². The summed E-state index contributed by atoms with van der Waals surface area (Å²) in [6.07, 6.45) is 1.21. The van der Waals surface area contributed by atoms with Crippen molar-refractivity contribution in [3.05, 3.63) is 35.4 Å². The molecule has 0 aromatic heterocycles. The van der Waals surface area contributed by atoms with Crippen LogP contribution in [0.2, 0.25) is 0 Å². The Morgan fingerprint density at radius 3 is 2.82 bits per heavy atom. The van der Waals surface area contributed by atoms with E-state index >= 15 is 0 Å². The summed E-state index contributed by atoms with van der Waals surface area (Å²) in [7, 11) is 0. The largest absolute Gasteiger partial charge is 0.381 e. The van der Waals surface area contributed by atoms with Crippen molar-refractivity contribution in [2.45, 2.75) is 33.7 Å². The summed E-state index contributed by atoms with van der Waals surface area (Å²) in [6.45, 7) is 10.1. The van der Waals surface area contributed by atoms with Crippen LogP contribution in [0.1, 0.15) is 31.4 Å². The first-order valence-electron chi connectivity index (χ1n) is 6.68. The molecule has 1 aromatic rings. The molecular formula is C15H25NO. The summed E-state index contributed by atoms with van der Waals surface area (Å²) in [4.78, 5) is 0. The normalized spacial score (nSPS) is 18.6. The number of rotatable bonds is 4. The van der Waals surface area contributed by atoms with Gasteiger partial charge in [-0.25, -0.2) is 0 Å². The molecule has 0 saturated carbocycles. The fraction of sp³-hybridized carbons (Fsp3) is 0.600. The molecule has 17 heavy (non-hydrogen) atoms. The third-order valence-corrected chi connectivity index (χ3v) is 2.87. The monoisotopic (exact) mass is 235 g/mol. The van der Waals surface area contributed by atoms with E-state index in [9.17, 15) is 0 Å². The van der Waals surface area contributed by atoms with Crippen molar-refractivity contribution < 1.29 is 4.74 Å². The van der Waals surface area contributed by atoms with Crippen LogP contribution in [0.5, 0.6) is 0 Å². The molecule has 2 nitrogen and oxygen atoms in total. The van der Waals surface area contributed by atoms with Gasteiger partial charge in [0.1, 0.15) is 0 Å². The van der Waals surface area contributed by atoms with Gasteiger partial charge in [-0.3, -0.25) is 0 Å². The number of ether oxygens (including phenoxy) is 1. The minimum absolute atomic E-state index is 0.717. The summed E-state index contributed by atoms with van der Waals surface area (Å²) in [5.41, 5.74) is 2.70. The molecule has 1 atom stereocenters. The van der Waals surface area contributed by atoms with E-state index < -0.39 is 0 Å². The quantitative estimate of drug-likeness (QED) is 0.865. The van der Waals surface area contributed by atoms with E-state index in [4.69, 9.17) is 4.74 Å². The Labute approximate surface area is 105 Å². The van der Waals surface area contributed by atoms with Gasteiger partial charge < -0.3 is 10.1 Å². The first-order valence-corrected chi connectivity index (χ1v) is 6.68. The molecule has 1 heterocycles. The Kier molecular flexibility index (Phi) is 6.90. The zero-order valence-electron chi connectivity index (χ0n) is 11.3. The summed E-state index contributed by atoms with van der Waals surface area (Å²) in [5, 5.41) is 3.49. The molecule has 1 aliphatic heterocycles. The number of benzene rings is 1. The van der Waals surface area contributed by atoms with Crippen LogP contribution in [0.3, 0.4) is 0 Å². The summed E-state index contributed by atoms with van der Waals surface area (Å²) in [6, 6.07) is 8.66. The van der Waals surface area contributed by atoms with E-state index in [0.717, 1.165) is 32.2 Å². The Balaban J connectivity index is 0.000000686. The molecule has 1 N–H and O–H groups in total. The molecule has 1 saturated heterocycles. The topological polar surface area (TPSA) is 21.3 Å². The van der Waals surface area contributed by atoms with Crippen molar-refractivity contribution in [1.82, 2.24) is 5.32 Å². The van der Waals surface area contributed by atoms with Gasteiger partial charge in [-0.1, -0.05) is 43.7 Å². The first-order chi connectivity index (χ1) is 8.34. The summed E-state index contributed by atoms with van der Waals surface area (Å²) >= 11 is 0. The lowest BCUT2D eigenvalue weighted by Crippen LogP contribution is -2.22. The second-order valence-electron chi connectivity index (χ2n) is 4.35. The molecule has 2 heteroatoms. The van der Waals surface area contributed by atoms with Gasteiger partial charge in [0.05, 0.1) is 6.61 Å². The second kappa shape index (κ2) is 8.26. The molecule has 2 rings (SSSR count). The number of hydrogen-bond acceptors (Lipinski definition) is 2. The highest BCUT2D eigenvalue weighted by Crippen LogP contribution is 2.11. The Hall–Kier alpha value is -0.860. The van der Waals surface area contributed by atoms with Gasteiger partial charge in [0.15, 0.2) is 0 Å². The standard InChI is InChI=1S/C13H19NO.C2H6/c1-11-3-2-4-12(7-11)8-14-9-13-5-6-15-10-13;1-2/h2-4,7,13-14H,5-6,8-10H2,1H3;1-2H3. The molecule has 0 bridgehead atoms. The summed E-state index contributed by atoms with van der Waals surface area (Å²) in [5.74, 6) is 0.717. The molecule has 0 radical (unpaired) electrons. The zero-order chi connectivity index (χ0) is 12.5. The van der Waals surface area contributed by atoms with E-state index in [1.54, 1.807) is 0 Å². The van der Waals surface area contributed by atoms with Crippen molar-refractivity contribution in [2.24, 2.45) is 5.92 Å². The highest BCUT2D eigenvalue weighted by molar-refractivity contribution is 5.21. The highest BCUT2D eigenvalue weighted by Gasteiger charge is 2.14. The van der Waals surface area contributed by atoms with Gasteiger partial charge in [-0.05, 0) is 24.8 Å². The van der Waals surface area contributed by atoms with E-state index in [1.807, 2.05) is 13.8 Å². The average molecular weight is 235 g/mol. The van der Waals surface area contributed by atoms with Crippen molar-refractivity contribution in [3.63, 3.8) is 0 Å². The predicted octanol–water partition coefficient (Wildman–Crippen LogP) is 3.15. The second-order valence-corrected chi connectivity index (χ2v) is 4.35. The van der Waals surface area contributed by atoms with E-state index in [2.05, 4.69) is 36.5 Å². The van der Waals surface area contributed by atoms with Crippen LogP contribution >= 0.6 is 0 Å². The Morgan fingerprint density at radius 2 is 2.18 bits per heavy atom. The lowest BCUT2D eigenvalue weighted by molar-refractivity contribution is 0.185. The smallest absolute Gasteiger partial charge is 0.0507 e. The minimum atomic E-state index is 0.717. The van der Waals surface area contributed by atoms with Gasteiger partial charge in [0.25, 0.3) is 0 Å². The Morgan fingerprint density at radius 1 is 1.35 bits per heavy atom. The van der Waals surface area contributed by atoms with Gasteiger partial charge >= 0.3 is 0 Å². The fourth-order valence-corrected chi connectivity index (χ4v) is 1.99. The van der Waals surface area contributed by atoms with E-state index in [1.165, 1.54) is 17.5 Å². The van der Waals surface area contributed by atoms with Gasteiger partial charge in [0, 0.05) is 19.7 Å². The first kappa shape index (κ1) is 14.2. The predicted molar refractivity (Wildman–Crippen MR) is 73.2 cm³/mol. The zero-order valence-corrected chi connectivity index (χ0v) is 11.3. The third kappa shape index (κ3) is 5.33. The third-order valence-electron chi connectivity index (χ3n) is 2.87. The SMILES string of the molecule is CC.Cc1cccc(CNCC2CCOC2)c1. The molecule has 1 unspecified atom stereocenters. The molecule has 96 valence electrons. The van der Waals surface area contributed by atoms with Crippen LogP contribution in [0.15, 0.2) is 24.3 Å². The lowest BCUT2D eigenvalue weighted by atomic mass is 10.1. The molecule has 1 aromatic carbocycles. The molecule has 1 fully saturated rings. The maximum Gasteiger partial charge on any atom is 0.0507 e. The van der Waals surface area contributed by atoms with Crippen molar-refractivity contribution in [1.29, 1.82) is 0 Å². The maximum atomic E-state index is 5.34. The van der Waals surface area contributed by atoms with Crippen LogP contribution in [-0.4, -0.2) is 19.8 Å². The summed E-state index contributed by atoms with van der Waals surface area (Å²) < 4.78 is 5.34. The van der Waals surface area contributed by atoms with Crippen LogP contribution in [0, 0.1) is 12.8 Å². The van der Waals surface area contributed by atoms with Gasteiger partial charge in [0.2, 0.25) is 0 Å². The molecule has 0 aliphatic carbocycles. The molecular weight excluding hydrogens is 210 g/mol. The van der Waals surface area contributed by atoms with Crippen molar-refractivity contribution >= 4 is 0 Å². The number of nitrogens with one attached hydrogen (secondary N) is 1. The van der Waals surface area contributed by atoms with Gasteiger partial charge in [-0.2, -0.15) is 0 Å². The van der Waals surface area contributed by atoms with Crippen LogP contribution in [0.25, 0.3) is 0 Å². The van der Waals surface area contributed by atoms with E-state index in [0.29, 0.717) is 0 Å². The molecule has 1 aliphatic rings. The molecule has 0 amide bonds. The number of aryl methyl sites for hydroxylation is 1. The lowest BCUT2D eigenvalue weighted by Gasteiger charge is -2.09. The van der Waals surface area contributed by atoms with Crippen LogP contribution in [-0.2, 0) is 11.3 Å². The molecule has 0 spiro atoms. The highest BCUT2D eigenvalue weighted by atomic mass is 16.5. The van der Waals surface area contributed by atoms with Gasteiger partial charge in [-0.15, -0.1) is 0 Å². The van der Waals surface area contributed by atoms with E-state index in [-0.39, 0.29) is 0 Å². The van der Waals surface area contributed by atoms with Crippen LogP contribution in [0.4, 0.5) is 0 Å². The Bertz CT molecular complexity index is 306. The fourth-order valence-electron chi connectivity index (χ4n) is 1.99. The average Bonchev–Trinajstić information content (AvgIpc) is 2.85. The minimum Gasteiger partial charge on any atom is -0.381 e. The van der Waals surface area contributed by atoms with Crippen molar-refractivity contribution in [3.8, 4) is 0 Å². The maximum absolute atomic E-state index is 5.34. The van der Waals surface area contributed by atoms with Crippen LogP contribution < -0.4 is 5.32 Å². The number of hydrogen-bond donors (Lipinski definition) is 1.